The Kier molecular flexibility index (Phi) is 7.27. The number of hydrogen-bond acceptors (Lipinski definition) is 5. The summed E-state index contributed by atoms with van der Waals surface area (Å²) in [4.78, 5) is 14.6. The molecule has 0 aliphatic carbocycles. The zero-order chi connectivity index (χ0) is 22.4. The van der Waals surface area contributed by atoms with E-state index in [9.17, 15) is 18.0 Å². The largest absolute Gasteiger partial charge is 0.493 e. The van der Waals surface area contributed by atoms with E-state index >= 15 is 0 Å². The van der Waals surface area contributed by atoms with Crippen LogP contribution in [0.5, 0.6) is 17.2 Å². The number of hydrogen-bond donors (Lipinski definition) is 0. The number of nitrogens with zero attached hydrogens (tertiary/aromatic N) is 1. The van der Waals surface area contributed by atoms with Crippen molar-refractivity contribution in [2.24, 2.45) is 0 Å². The van der Waals surface area contributed by atoms with Crippen LogP contribution in [0.25, 0.3) is 0 Å². The van der Waals surface area contributed by atoms with Crippen molar-refractivity contribution in [3.63, 3.8) is 0 Å². The van der Waals surface area contributed by atoms with Crippen LogP contribution in [0.15, 0.2) is 42.5 Å². The van der Waals surface area contributed by atoms with Crippen LogP contribution in [0.1, 0.15) is 22.8 Å². The van der Waals surface area contributed by atoms with Gasteiger partial charge in [-0.15, -0.1) is 0 Å². The van der Waals surface area contributed by atoms with Gasteiger partial charge in [0.1, 0.15) is 18.5 Å². The van der Waals surface area contributed by atoms with Gasteiger partial charge >= 0.3 is 6.18 Å². The molecule has 1 aliphatic rings. The van der Waals surface area contributed by atoms with Gasteiger partial charge in [0.05, 0.1) is 32.4 Å². The molecule has 9 heteroatoms. The fourth-order valence-electron chi connectivity index (χ4n) is 3.22. The fourth-order valence-corrected chi connectivity index (χ4v) is 3.22. The van der Waals surface area contributed by atoms with Crippen LogP contribution < -0.4 is 14.2 Å². The predicted octanol–water partition coefficient (Wildman–Crippen LogP) is 4.03. The smallest absolute Gasteiger partial charge is 0.416 e. The van der Waals surface area contributed by atoms with E-state index < -0.39 is 17.8 Å². The summed E-state index contributed by atoms with van der Waals surface area (Å²) in [6.45, 7) is 3.25. The number of carbonyl (C=O) groups is 1. The Bertz CT molecular complexity index is 903. The maximum atomic E-state index is 12.9. The van der Waals surface area contributed by atoms with Crippen molar-refractivity contribution in [2.45, 2.75) is 19.2 Å². The Labute approximate surface area is 178 Å². The first-order chi connectivity index (χ1) is 14.8. The molecule has 31 heavy (non-hydrogen) atoms. The average Bonchev–Trinajstić information content (AvgIpc) is 2.77. The first-order valence-electron chi connectivity index (χ1n) is 9.83. The van der Waals surface area contributed by atoms with Gasteiger partial charge in [0.15, 0.2) is 11.5 Å². The third kappa shape index (κ3) is 5.81. The first-order valence-corrected chi connectivity index (χ1v) is 9.83. The Morgan fingerprint density at radius 3 is 2.68 bits per heavy atom. The molecule has 1 fully saturated rings. The Morgan fingerprint density at radius 1 is 1.16 bits per heavy atom. The zero-order valence-electron chi connectivity index (χ0n) is 17.3. The molecule has 3 rings (SSSR count). The lowest BCUT2D eigenvalue weighted by atomic mass is 10.1. The van der Waals surface area contributed by atoms with E-state index in [2.05, 4.69) is 0 Å². The molecule has 1 unspecified atom stereocenters. The van der Waals surface area contributed by atoms with Crippen molar-refractivity contribution < 1.29 is 36.9 Å². The van der Waals surface area contributed by atoms with Gasteiger partial charge in [0, 0.05) is 12.1 Å². The van der Waals surface area contributed by atoms with Crippen LogP contribution in [0.4, 0.5) is 13.2 Å². The lowest BCUT2D eigenvalue weighted by molar-refractivity contribution is -0.137. The van der Waals surface area contributed by atoms with Crippen molar-refractivity contribution in [3.05, 3.63) is 53.6 Å². The molecule has 0 N–H and O–H groups in total. The number of morpholine rings is 1. The fraction of sp³-hybridized carbons (Fsp3) is 0.409. The number of benzene rings is 2. The number of alkyl halides is 3. The standard InChI is InChI=1S/C22H24F3NO5/c1-3-29-20-11-15(7-8-19(20)28-2)21(27)26-9-10-30-18(13-26)14-31-17-6-4-5-16(12-17)22(23,24)25/h4-8,11-12,18H,3,9-10,13-14H2,1-2H3. The molecule has 1 saturated heterocycles. The first kappa shape index (κ1) is 22.7. The van der Waals surface area contributed by atoms with Crippen LogP contribution >= 0.6 is 0 Å². The number of amides is 1. The van der Waals surface area contributed by atoms with Gasteiger partial charge < -0.3 is 23.8 Å². The van der Waals surface area contributed by atoms with Crippen molar-refractivity contribution in [1.82, 2.24) is 4.90 Å². The quantitative estimate of drug-likeness (QED) is 0.652. The van der Waals surface area contributed by atoms with Gasteiger partial charge in [-0.3, -0.25) is 4.79 Å². The van der Waals surface area contributed by atoms with Crippen LogP contribution in [0, 0.1) is 0 Å². The van der Waals surface area contributed by atoms with Crippen LogP contribution in [-0.4, -0.2) is 56.9 Å². The van der Waals surface area contributed by atoms with Gasteiger partial charge in [0.2, 0.25) is 0 Å². The van der Waals surface area contributed by atoms with Crippen LogP contribution in [0.3, 0.4) is 0 Å². The molecule has 0 spiro atoms. The highest BCUT2D eigenvalue weighted by Crippen LogP contribution is 2.31. The minimum atomic E-state index is -4.44. The summed E-state index contributed by atoms with van der Waals surface area (Å²) in [7, 11) is 1.52. The van der Waals surface area contributed by atoms with Crippen molar-refractivity contribution in [2.75, 3.05) is 40.0 Å². The molecule has 1 heterocycles. The highest BCUT2D eigenvalue weighted by molar-refractivity contribution is 5.95. The molecular weight excluding hydrogens is 415 g/mol. The summed E-state index contributed by atoms with van der Waals surface area (Å²) in [5.74, 6) is 0.913. The van der Waals surface area contributed by atoms with Crippen molar-refractivity contribution in [3.8, 4) is 17.2 Å². The molecule has 2 aromatic carbocycles. The van der Waals surface area contributed by atoms with Crippen LogP contribution in [0.2, 0.25) is 0 Å². The minimum absolute atomic E-state index is 0.0257. The Hall–Kier alpha value is -2.94. The number of ether oxygens (including phenoxy) is 4. The topological polar surface area (TPSA) is 57.2 Å². The van der Waals surface area contributed by atoms with E-state index in [-0.39, 0.29) is 24.8 Å². The summed E-state index contributed by atoms with van der Waals surface area (Å²) >= 11 is 0. The zero-order valence-corrected chi connectivity index (χ0v) is 17.3. The van der Waals surface area contributed by atoms with Gasteiger partial charge in [-0.25, -0.2) is 0 Å². The highest BCUT2D eigenvalue weighted by atomic mass is 19.4. The van der Waals surface area contributed by atoms with E-state index in [0.717, 1.165) is 12.1 Å². The van der Waals surface area contributed by atoms with Crippen LogP contribution in [-0.2, 0) is 10.9 Å². The van der Waals surface area contributed by atoms with Gasteiger partial charge in [-0.1, -0.05) is 6.07 Å². The molecule has 0 bridgehead atoms. The van der Waals surface area contributed by atoms with E-state index in [1.807, 2.05) is 6.92 Å². The highest BCUT2D eigenvalue weighted by Gasteiger charge is 2.31. The van der Waals surface area contributed by atoms with Crippen molar-refractivity contribution >= 4 is 5.91 Å². The summed E-state index contributed by atoms with van der Waals surface area (Å²) in [6.07, 6.45) is -4.90. The SMILES string of the molecule is CCOc1cc(C(=O)N2CCOC(COc3cccc(C(F)(F)F)c3)C2)ccc1OC. The number of halogens is 3. The molecule has 2 aromatic rings. The average molecular weight is 439 g/mol. The van der Waals surface area contributed by atoms with Gasteiger partial charge in [-0.05, 0) is 43.3 Å². The monoisotopic (exact) mass is 439 g/mol. The van der Waals surface area contributed by atoms with Gasteiger partial charge in [-0.2, -0.15) is 13.2 Å². The lowest BCUT2D eigenvalue weighted by Gasteiger charge is -2.33. The maximum absolute atomic E-state index is 12.9. The summed E-state index contributed by atoms with van der Waals surface area (Å²) in [5.41, 5.74) is -0.334. The predicted molar refractivity (Wildman–Crippen MR) is 107 cm³/mol. The minimum Gasteiger partial charge on any atom is -0.493 e. The molecule has 0 radical (unpaired) electrons. The Morgan fingerprint density at radius 2 is 1.97 bits per heavy atom. The van der Waals surface area contributed by atoms with E-state index in [1.165, 1.54) is 19.2 Å². The van der Waals surface area contributed by atoms with E-state index in [0.29, 0.717) is 36.8 Å². The summed E-state index contributed by atoms with van der Waals surface area (Å²) in [5, 5.41) is 0. The molecule has 168 valence electrons. The maximum Gasteiger partial charge on any atom is 0.416 e. The number of rotatable bonds is 7. The summed E-state index contributed by atoms with van der Waals surface area (Å²) in [6, 6.07) is 9.63. The molecule has 0 saturated carbocycles. The number of methoxy groups -OCH3 is 1. The second-order valence-electron chi connectivity index (χ2n) is 6.88. The third-order valence-electron chi connectivity index (χ3n) is 4.73. The molecule has 6 nitrogen and oxygen atoms in total. The molecule has 1 amide bonds. The van der Waals surface area contributed by atoms with E-state index in [1.54, 1.807) is 23.1 Å². The van der Waals surface area contributed by atoms with Gasteiger partial charge in [0.25, 0.3) is 5.91 Å². The molecule has 1 atom stereocenters. The summed E-state index contributed by atoms with van der Waals surface area (Å²) < 4.78 is 60.4. The van der Waals surface area contributed by atoms with E-state index in [4.69, 9.17) is 18.9 Å². The molecule has 1 aliphatic heterocycles. The lowest BCUT2D eigenvalue weighted by Crippen LogP contribution is -2.47. The van der Waals surface area contributed by atoms with Crippen molar-refractivity contribution in [1.29, 1.82) is 0 Å². The normalized spacial score (nSPS) is 16.7. The second-order valence-corrected chi connectivity index (χ2v) is 6.88. The molecular formula is C22H24F3NO5. The molecule has 0 aromatic heterocycles. The third-order valence-corrected chi connectivity index (χ3v) is 4.73. The second kappa shape index (κ2) is 9.91. The number of carbonyl (C=O) groups excluding carboxylic acids is 1. The Balaban J connectivity index is 1.63.